The van der Waals surface area contributed by atoms with E-state index < -0.39 is 0 Å². The average Bonchev–Trinajstić information content (AvgIpc) is 3.23. The SMILES string of the molecule is CCCCNc1nc(N)nc2ccn(Cc3ccc(CN4CCN(CCOCCOCCOCCOCCOCCOCCOCCOCCN)CC4)cc3)c(=O)c12. The van der Waals surface area contributed by atoms with E-state index in [9.17, 15) is 4.79 Å². The molecule has 5 N–H and O–H groups in total. The summed E-state index contributed by atoms with van der Waals surface area (Å²) < 4.78 is 45.8. The van der Waals surface area contributed by atoms with Gasteiger partial charge in [0.05, 0.1) is 118 Å². The fraction of sp³-hybridized carbons (Fsp3) is 0.683. The van der Waals surface area contributed by atoms with Gasteiger partial charge in [0.2, 0.25) is 5.95 Å². The van der Waals surface area contributed by atoms with E-state index in [0.29, 0.717) is 136 Å². The molecule has 1 aliphatic rings. The number of nitrogens with one attached hydrogen (secondary N) is 1. The minimum Gasteiger partial charge on any atom is -0.378 e. The van der Waals surface area contributed by atoms with Crippen molar-refractivity contribution in [3.63, 3.8) is 0 Å². The number of anilines is 2. The number of ether oxygens (including phenoxy) is 8. The van der Waals surface area contributed by atoms with Crippen molar-refractivity contribution >= 4 is 22.7 Å². The number of rotatable bonds is 34. The Hall–Kier alpha value is -3.33. The fourth-order valence-electron chi connectivity index (χ4n) is 6.13. The molecule has 1 saturated heterocycles. The highest BCUT2D eigenvalue weighted by Gasteiger charge is 2.17. The number of fused-ring (bicyclic) bond motifs is 1. The van der Waals surface area contributed by atoms with E-state index in [0.717, 1.165) is 64.2 Å². The molecule has 0 bridgehead atoms. The van der Waals surface area contributed by atoms with E-state index in [2.05, 4.69) is 56.3 Å². The van der Waals surface area contributed by atoms with Crippen molar-refractivity contribution in [3.05, 3.63) is 58.0 Å². The summed E-state index contributed by atoms with van der Waals surface area (Å²) in [7, 11) is 0. The lowest BCUT2D eigenvalue weighted by atomic mass is 10.1. The molecule has 326 valence electrons. The van der Waals surface area contributed by atoms with Gasteiger partial charge in [0, 0.05) is 58.6 Å². The van der Waals surface area contributed by atoms with Crippen LogP contribution in [0, 0.1) is 0 Å². The molecule has 0 atom stereocenters. The van der Waals surface area contributed by atoms with Gasteiger partial charge in [-0.25, -0.2) is 4.98 Å². The highest BCUT2D eigenvalue weighted by Crippen LogP contribution is 2.18. The number of nitrogens with zero attached hydrogens (tertiary/aromatic N) is 5. The van der Waals surface area contributed by atoms with E-state index in [1.807, 2.05) is 6.07 Å². The molecule has 1 aliphatic heterocycles. The monoisotopic (exact) mass is 817 g/mol. The first-order chi connectivity index (χ1) is 28.6. The van der Waals surface area contributed by atoms with Gasteiger partial charge >= 0.3 is 0 Å². The van der Waals surface area contributed by atoms with Gasteiger partial charge in [-0.3, -0.25) is 14.6 Å². The Bertz CT molecular complexity index is 1560. The van der Waals surface area contributed by atoms with Crippen LogP contribution in [0.5, 0.6) is 0 Å². The molecule has 1 aromatic carbocycles. The zero-order valence-corrected chi connectivity index (χ0v) is 34.6. The van der Waals surface area contributed by atoms with Crippen LogP contribution in [0.1, 0.15) is 30.9 Å². The van der Waals surface area contributed by atoms with Gasteiger partial charge < -0.3 is 59.2 Å². The summed E-state index contributed by atoms with van der Waals surface area (Å²) in [5, 5.41) is 3.74. The molecule has 3 heterocycles. The third-order valence-corrected chi connectivity index (χ3v) is 9.33. The number of pyridine rings is 1. The van der Waals surface area contributed by atoms with Gasteiger partial charge in [0.1, 0.15) is 11.2 Å². The molecular formula is C41H68N8O9. The molecule has 0 aliphatic carbocycles. The van der Waals surface area contributed by atoms with Crippen LogP contribution >= 0.6 is 0 Å². The zero-order chi connectivity index (χ0) is 40.9. The van der Waals surface area contributed by atoms with Gasteiger partial charge in [-0.2, -0.15) is 4.98 Å². The first kappa shape index (κ1) is 47.3. The predicted octanol–water partition coefficient (Wildman–Crippen LogP) is 1.84. The second-order valence-corrected chi connectivity index (χ2v) is 13.8. The molecule has 2 aromatic heterocycles. The van der Waals surface area contributed by atoms with Gasteiger partial charge in [0.15, 0.2) is 0 Å². The third kappa shape index (κ3) is 19.2. The molecule has 3 aromatic rings. The molecule has 0 amide bonds. The summed E-state index contributed by atoms with van der Waals surface area (Å²) in [6.45, 7) is 18.4. The maximum atomic E-state index is 13.5. The second kappa shape index (κ2) is 29.8. The Morgan fingerprint density at radius 2 is 1.09 bits per heavy atom. The summed E-state index contributed by atoms with van der Waals surface area (Å²) in [4.78, 5) is 27.0. The minimum atomic E-state index is -0.130. The first-order valence-corrected chi connectivity index (χ1v) is 20.8. The summed E-state index contributed by atoms with van der Waals surface area (Å²) >= 11 is 0. The number of benzene rings is 1. The van der Waals surface area contributed by atoms with Crippen LogP contribution < -0.4 is 22.3 Å². The van der Waals surface area contributed by atoms with Crippen LogP contribution in [-0.2, 0) is 51.0 Å². The highest BCUT2D eigenvalue weighted by atomic mass is 16.6. The van der Waals surface area contributed by atoms with Gasteiger partial charge in [0.25, 0.3) is 5.56 Å². The largest absolute Gasteiger partial charge is 0.378 e. The predicted molar refractivity (Wildman–Crippen MR) is 224 cm³/mol. The smallest absolute Gasteiger partial charge is 0.264 e. The Kier molecular flexibility index (Phi) is 24.3. The number of unbranched alkanes of at least 4 members (excludes halogenated alkanes) is 1. The van der Waals surface area contributed by atoms with Crippen molar-refractivity contribution in [2.24, 2.45) is 5.73 Å². The third-order valence-electron chi connectivity index (χ3n) is 9.33. The molecule has 58 heavy (non-hydrogen) atoms. The summed E-state index contributed by atoms with van der Waals surface area (Å²) in [5.41, 5.74) is 14.0. The molecule has 4 rings (SSSR count). The lowest BCUT2D eigenvalue weighted by Gasteiger charge is -2.34. The maximum Gasteiger partial charge on any atom is 0.264 e. The molecule has 1 fully saturated rings. The van der Waals surface area contributed by atoms with Gasteiger partial charge in [-0.1, -0.05) is 37.6 Å². The quantitative estimate of drug-likeness (QED) is 0.0740. The summed E-state index contributed by atoms with van der Waals surface area (Å²) in [5.74, 6) is 0.653. The van der Waals surface area contributed by atoms with E-state index in [4.69, 9.17) is 49.4 Å². The van der Waals surface area contributed by atoms with E-state index in [1.54, 1.807) is 10.8 Å². The van der Waals surface area contributed by atoms with Crippen molar-refractivity contribution in [2.45, 2.75) is 32.9 Å². The molecular weight excluding hydrogens is 748 g/mol. The Morgan fingerprint density at radius 1 is 0.621 bits per heavy atom. The molecule has 17 heteroatoms. The van der Waals surface area contributed by atoms with Crippen LogP contribution in [0.2, 0.25) is 0 Å². The van der Waals surface area contributed by atoms with E-state index in [1.165, 1.54) is 5.56 Å². The molecule has 0 radical (unpaired) electrons. The maximum absolute atomic E-state index is 13.5. The number of aromatic nitrogens is 3. The van der Waals surface area contributed by atoms with Crippen LogP contribution in [0.3, 0.4) is 0 Å². The number of nitrogens with two attached hydrogens (primary N) is 2. The fourth-order valence-corrected chi connectivity index (χ4v) is 6.13. The Balaban J connectivity index is 0.941. The zero-order valence-electron chi connectivity index (χ0n) is 34.6. The molecule has 17 nitrogen and oxygen atoms in total. The lowest BCUT2D eigenvalue weighted by molar-refractivity contribution is -0.0235. The Morgan fingerprint density at radius 3 is 1.59 bits per heavy atom. The van der Waals surface area contributed by atoms with Crippen molar-refractivity contribution in [1.29, 1.82) is 0 Å². The number of hydrogen-bond donors (Lipinski definition) is 3. The highest BCUT2D eigenvalue weighted by molar-refractivity contribution is 5.89. The van der Waals surface area contributed by atoms with Crippen LogP contribution in [0.4, 0.5) is 11.8 Å². The van der Waals surface area contributed by atoms with E-state index in [-0.39, 0.29) is 11.5 Å². The first-order valence-electron chi connectivity index (χ1n) is 20.8. The number of hydrogen-bond acceptors (Lipinski definition) is 16. The van der Waals surface area contributed by atoms with Crippen molar-refractivity contribution in [2.75, 3.05) is 163 Å². The lowest BCUT2D eigenvalue weighted by Crippen LogP contribution is -2.46. The summed E-state index contributed by atoms with van der Waals surface area (Å²) in [6.07, 6.45) is 3.79. The van der Waals surface area contributed by atoms with Crippen LogP contribution in [0.25, 0.3) is 10.9 Å². The van der Waals surface area contributed by atoms with Crippen LogP contribution in [0.15, 0.2) is 41.3 Å². The number of piperazine rings is 1. The average molecular weight is 817 g/mol. The van der Waals surface area contributed by atoms with Gasteiger partial charge in [-0.05, 0) is 23.6 Å². The van der Waals surface area contributed by atoms with Crippen molar-refractivity contribution in [3.8, 4) is 0 Å². The molecule has 0 unspecified atom stereocenters. The summed E-state index contributed by atoms with van der Waals surface area (Å²) in [6, 6.07) is 10.4. The standard InChI is InChI=1S/C41H68N8O9/c1-2-3-10-44-39-38-37(45-41(43)46-39)8-11-49(40(38)50)34-36-6-4-35(5-7-36)33-48-14-12-47(13-15-48)16-18-52-20-22-54-24-26-56-28-30-58-32-31-57-29-27-55-25-23-53-21-19-51-17-9-42/h4-8,11H,2-3,9-10,12-34,42H2,1H3,(H3,43,44,45,46). The van der Waals surface area contributed by atoms with E-state index >= 15 is 0 Å². The van der Waals surface area contributed by atoms with Crippen LogP contribution in [-0.4, -0.2) is 176 Å². The normalized spacial score (nSPS) is 13.8. The second-order valence-electron chi connectivity index (χ2n) is 13.8. The van der Waals surface area contributed by atoms with Gasteiger partial charge in [-0.15, -0.1) is 0 Å². The molecule has 0 saturated carbocycles. The van der Waals surface area contributed by atoms with Crippen molar-refractivity contribution in [1.82, 2.24) is 24.3 Å². The van der Waals surface area contributed by atoms with Crippen molar-refractivity contribution < 1.29 is 37.9 Å². The molecule has 0 spiro atoms. The minimum absolute atomic E-state index is 0.130. The Labute approximate surface area is 343 Å². The number of nitrogen functional groups attached to an aromatic ring is 1. The topological polar surface area (TPSA) is 192 Å².